The minimum Gasteiger partial charge on any atom is -0.348 e. The first-order chi connectivity index (χ1) is 9.19. The smallest absolute Gasteiger partial charge is 0.251 e. The topological polar surface area (TPSA) is 85.2 Å². The van der Waals surface area contributed by atoms with E-state index in [9.17, 15) is 18.0 Å². The zero-order valence-electron chi connectivity index (χ0n) is 10.9. The van der Waals surface area contributed by atoms with E-state index in [0.29, 0.717) is 10.9 Å². The lowest BCUT2D eigenvalue weighted by molar-refractivity contribution is -0.123. The molecule has 0 bridgehead atoms. The molecule has 1 saturated heterocycles. The Labute approximate surface area is 125 Å². The lowest BCUT2D eigenvalue weighted by atomic mass is 10.0. The fraction of sp³-hybridized carbons (Fsp3) is 0.500. The number of pyridine rings is 1. The molecule has 1 atom stereocenters. The molecule has 2 heterocycles. The number of aromatic nitrogens is 1. The Morgan fingerprint density at radius 1 is 1.50 bits per heavy atom. The lowest BCUT2D eigenvalue weighted by Gasteiger charge is -2.24. The Morgan fingerprint density at radius 3 is 2.80 bits per heavy atom. The normalized spacial score (nSPS) is 24.5. The number of carbonyl (C=O) groups is 1. The highest BCUT2D eigenvalue weighted by atomic mass is 79.9. The van der Waals surface area contributed by atoms with Gasteiger partial charge in [0.25, 0.3) is 5.56 Å². The van der Waals surface area contributed by atoms with Crippen molar-refractivity contribution in [1.29, 1.82) is 0 Å². The van der Waals surface area contributed by atoms with E-state index in [1.807, 2.05) is 0 Å². The van der Waals surface area contributed by atoms with Gasteiger partial charge >= 0.3 is 0 Å². The molecule has 6 nitrogen and oxygen atoms in total. The summed E-state index contributed by atoms with van der Waals surface area (Å²) in [5.74, 6) is -0.343. The van der Waals surface area contributed by atoms with Crippen LogP contribution in [0.3, 0.4) is 0 Å². The van der Waals surface area contributed by atoms with E-state index in [1.54, 1.807) is 13.0 Å². The van der Waals surface area contributed by atoms with Crippen LogP contribution < -0.4 is 10.9 Å². The Hall–Kier alpha value is -1.15. The van der Waals surface area contributed by atoms with Crippen molar-refractivity contribution in [2.75, 3.05) is 11.5 Å². The zero-order chi connectivity index (χ0) is 15.0. The van der Waals surface area contributed by atoms with Crippen LogP contribution in [0.15, 0.2) is 27.6 Å². The predicted octanol–water partition coefficient (Wildman–Crippen LogP) is 0.304. The van der Waals surface area contributed by atoms with Crippen molar-refractivity contribution in [3.05, 3.63) is 33.2 Å². The molecule has 0 spiro atoms. The second-order valence-corrected chi connectivity index (χ2v) is 8.36. The van der Waals surface area contributed by atoms with Crippen LogP contribution in [0, 0.1) is 0 Å². The summed E-state index contributed by atoms with van der Waals surface area (Å²) in [7, 11) is -3.08. The summed E-state index contributed by atoms with van der Waals surface area (Å²) in [5, 5.41) is 2.71. The third kappa shape index (κ3) is 3.69. The van der Waals surface area contributed by atoms with E-state index in [1.165, 1.54) is 16.8 Å². The first-order valence-electron chi connectivity index (χ1n) is 6.07. The molecule has 1 aliphatic rings. The molecular formula is C12H15BrN2O4S. The van der Waals surface area contributed by atoms with Gasteiger partial charge in [0.05, 0.1) is 17.0 Å². The maximum Gasteiger partial charge on any atom is 0.251 e. The van der Waals surface area contributed by atoms with E-state index in [4.69, 9.17) is 0 Å². The quantitative estimate of drug-likeness (QED) is 0.837. The van der Waals surface area contributed by atoms with Gasteiger partial charge in [0.2, 0.25) is 5.91 Å². The predicted molar refractivity (Wildman–Crippen MR) is 78.2 cm³/mol. The molecule has 1 unspecified atom stereocenters. The van der Waals surface area contributed by atoms with E-state index in [0.717, 1.165) is 0 Å². The number of sulfone groups is 1. The average molecular weight is 363 g/mol. The zero-order valence-corrected chi connectivity index (χ0v) is 13.3. The number of hydrogen-bond donors (Lipinski definition) is 1. The summed E-state index contributed by atoms with van der Waals surface area (Å²) in [4.78, 5) is 23.6. The number of nitrogens with zero attached hydrogens (tertiary/aromatic N) is 1. The molecule has 0 saturated carbocycles. The number of carbonyl (C=O) groups excluding carboxylic acids is 1. The van der Waals surface area contributed by atoms with Crippen LogP contribution in [0.4, 0.5) is 0 Å². The van der Waals surface area contributed by atoms with E-state index >= 15 is 0 Å². The van der Waals surface area contributed by atoms with Gasteiger partial charge in [-0.25, -0.2) is 8.42 Å². The second kappa shape index (κ2) is 5.33. The van der Waals surface area contributed by atoms with E-state index < -0.39 is 15.4 Å². The minimum atomic E-state index is -3.08. The highest BCUT2D eigenvalue weighted by Crippen LogP contribution is 2.22. The van der Waals surface area contributed by atoms with Gasteiger partial charge in [-0.1, -0.05) is 0 Å². The summed E-state index contributed by atoms with van der Waals surface area (Å²) in [5.41, 5.74) is -1.03. The summed E-state index contributed by atoms with van der Waals surface area (Å²) in [6, 6.07) is 2.96. The Morgan fingerprint density at radius 2 is 2.20 bits per heavy atom. The standard InChI is InChI=1S/C12H15BrN2O4S/c1-12(4-5-20(18,19)8-12)14-10(16)7-15-6-9(13)2-3-11(15)17/h2-3,6H,4-5,7-8H2,1H3,(H,14,16). The van der Waals surface area contributed by atoms with Crippen molar-refractivity contribution in [3.8, 4) is 0 Å². The van der Waals surface area contributed by atoms with Gasteiger partial charge in [-0.2, -0.15) is 0 Å². The molecule has 20 heavy (non-hydrogen) atoms. The molecule has 1 aromatic heterocycles. The number of rotatable bonds is 3. The molecule has 0 radical (unpaired) electrons. The van der Waals surface area contributed by atoms with Crippen molar-refractivity contribution in [2.24, 2.45) is 0 Å². The summed E-state index contributed by atoms with van der Waals surface area (Å²) < 4.78 is 24.9. The molecular weight excluding hydrogens is 348 g/mol. The first-order valence-corrected chi connectivity index (χ1v) is 8.68. The van der Waals surface area contributed by atoms with Crippen molar-refractivity contribution in [3.63, 3.8) is 0 Å². The van der Waals surface area contributed by atoms with E-state index in [-0.39, 0.29) is 29.5 Å². The third-order valence-corrected chi connectivity index (χ3v) is 5.58. The molecule has 1 aliphatic heterocycles. The van der Waals surface area contributed by atoms with Gasteiger partial charge in [0, 0.05) is 16.7 Å². The number of halogens is 1. The van der Waals surface area contributed by atoms with E-state index in [2.05, 4.69) is 21.2 Å². The van der Waals surface area contributed by atoms with Crippen LogP contribution in [-0.2, 0) is 21.2 Å². The fourth-order valence-electron chi connectivity index (χ4n) is 2.27. The SMILES string of the molecule is CC1(NC(=O)Cn2cc(Br)ccc2=O)CCS(=O)(=O)C1. The molecule has 0 aliphatic carbocycles. The number of amides is 1. The fourth-order valence-corrected chi connectivity index (χ4v) is 4.74. The lowest BCUT2D eigenvalue weighted by Crippen LogP contribution is -2.48. The monoisotopic (exact) mass is 362 g/mol. The molecule has 8 heteroatoms. The van der Waals surface area contributed by atoms with Crippen molar-refractivity contribution in [2.45, 2.75) is 25.4 Å². The molecule has 0 aromatic carbocycles. The summed E-state index contributed by atoms with van der Waals surface area (Å²) in [6.45, 7) is 1.58. The molecule has 110 valence electrons. The largest absolute Gasteiger partial charge is 0.348 e. The highest BCUT2D eigenvalue weighted by Gasteiger charge is 2.39. The molecule has 1 amide bonds. The third-order valence-electron chi connectivity index (χ3n) is 3.21. The van der Waals surface area contributed by atoms with Crippen LogP contribution in [0.25, 0.3) is 0 Å². The van der Waals surface area contributed by atoms with Gasteiger partial charge in [-0.3, -0.25) is 9.59 Å². The first kappa shape index (κ1) is 15.2. The second-order valence-electron chi connectivity index (χ2n) is 5.26. The Balaban J connectivity index is 2.07. The van der Waals surface area contributed by atoms with Gasteiger partial charge in [-0.15, -0.1) is 0 Å². The van der Waals surface area contributed by atoms with Crippen molar-refractivity contribution < 1.29 is 13.2 Å². The van der Waals surface area contributed by atoms with Gasteiger partial charge < -0.3 is 9.88 Å². The van der Waals surface area contributed by atoms with Crippen molar-refractivity contribution in [1.82, 2.24) is 9.88 Å². The number of nitrogens with one attached hydrogen (secondary N) is 1. The molecule has 1 aromatic rings. The van der Waals surface area contributed by atoms with Crippen molar-refractivity contribution >= 4 is 31.7 Å². The van der Waals surface area contributed by atoms with Crippen LogP contribution >= 0.6 is 15.9 Å². The van der Waals surface area contributed by atoms with Crippen LogP contribution in [-0.4, -0.2) is 35.9 Å². The van der Waals surface area contributed by atoms with Crippen LogP contribution in [0.2, 0.25) is 0 Å². The molecule has 2 rings (SSSR count). The Kier molecular flexibility index (Phi) is 4.06. The van der Waals surface area contributed by atoms with Crippen LogP contribution in [0.1, 0.15) is 13.3 Å². The number of hydrogen-bond acceptors (Lipinski definition) is 4. The van der Waals surface area contributed by atoms with Crippen LogP contribution in [0.5, 0.6) is 0 Å². The minimum absolute atomic E-state index is 0.0564. The summed E-state index contributed by atoms with van der Waals surface area (Å²) >= 11 is 3.23. The maximum absolute atomic E-state index is 12.0. The highest BCUT2D eigenvalue weighted by molar-refractivity contribution is 9.10. The maximum atomic E-state index is 12.0. The van der Waals surface area contributed by atoms with Gasteiger partial charge in [-0.05, 0) is 35.3 Å². The summed E-state index contributed by atoms with van der Waals surface area (Å²) in [6.07, 6.45) is 1.92. The average Bonchev–Trinajstić information content (AvgIpc) is 2.57. The van der Waals surface area contributed by atoms with Gasteiger partial charge in [0.1, 0.15) is 6.54 Å². The van der Waals surface area contributed by atoms with Gasteiger partial charge in [0.15, 0.2) is 9.84 Å². The molecule has 1 N–H and O–H groups in total. The Bertz CT molecular complexity index is 698. The molecule has 1 fully saturated rings.